The van der Waals surface area contributed by atoms with Gasteiger partial charge in [0.25, 0.3) is 0 Å². The Kier molecular flexibility index (Phi) is 4.67. The number of sulfonamides is 1. The van der Waals surface area contributed by atoms with Gasteiger partial charge in [0.1, 0.15) is 0 Å². The normalized spacial score (nSPS) is 29.8. The second kappa shape index (κ2) is 6.77. The number of hydrogen-bond acceptors (Lipinski definition) is 3. The van der Waals surface area contributed by atoms with Crippen molar-refractivity contribution < 1.29 is 13.2 Å². The highest BCUT2D eigenvalue weighted by Crippen LogP contribution is 2.40. The molecule has 2 saturated carbocycles. The number of ether oxygens (including phenoxy) is 1. The van der Waals surface area contributed by atoms with Crippen molar-refractivity contribution in [3.05, 3.63) is 35.9 Å². The van der Waals surface area contributed by atoms with Crippen LogP contribution in [-0.4, -0.2) is 37.7 Å². The van der Waals surface area contributed by atoms with Crippen LogP contribution in [0.15, 0.2) is 30.3 Å². The molecule has 1 aliphatic heterocycles. The lowest BCUT2D eigenvalue weighted by molar-refractivity contribution is -0.0747. The van der Waals surface area contributed by atoms with Crippen LogP contribution in [0.1, 0.15) is 50.2 Å². The summed E-state index contributed by atoms with van der Waals surface area (Å²) in [6.45, 7) is 1.01. The molecule has 0 amide bonds. The van der Waals surface area contributed by atoms with Crippen LogP contribution in [-0.2, 0) is 14.8 Å². The lowest BCUT2D eigenvalue weighted by Crippen LogP contribution is -2.48. The van der Waals surface area contributed by atoms with Crippen molar-refractivity contribution in [2.24, 2.45) is 11.8 Å². The predicted octanol–water partition coefficient (Wildman–Crippen LogP) is 3.36. The molecule has 0 unspecified atom stereocenters. The molecule has 4 rings (SSSR count). The van der Waals surface area contributed by atoms with Gasteiger partial charge in [-0.25, -0.2) is 8.42 Å². The lowest BCUT2D eigenvalue weighted by atomic mass is 10.1. The summed E-state index contributed by atoms with van der Waals surface area (Å²) in [5.41, 5.74) is 1.09. The molecule has 1 aromatic rings. The van der Waals surface area contributed by atoms with E-state index < -0.39 is 10.0 Å². The summed E-state index contributed by atoms with van der Waals surface area (Å²) in [6, 6.07) is 10.1. The first kappa shape index (κ1) is 16.6. The first-order valence-electron chi connectivity index (χ1n) is 9.30. The van der Waals surface area contributed by atoms with Gasteiger partial charge in [0.05, 0.1) is 18.0 Å². The molecule has 24 heavy (non-hydrogen) atoms. The summed E-state index contributed by atoms with van der Waals surface area (Å²) in [5, 5.41) is 0. The quantitative estimate of drug-likeness (QED) is 0.819. The van der Waals surface area contributed by atoms with Crippen LogP contribution in [0.25, 0.3) is 0 Å². The Hall–Kier alpha value is -0.910. The Balaban J connectivity index is 1.52. The van der Waals surface area contributed by atoms with Crippen molar-refractivity contribution in [1.82, 2.24) is 4.31 Å². The molecule has 0 radical (unpaired) electrons. The van der Waals surface area contributed by atoms with E-state index in [1.165, 1.54) is 25.7 Å². The van der Waals surface area contributed by atoms with E-state index in [0.29, 0.717) is 30.7 Å². The number of hydrogen-bond donors (Lipinski definition) is 0. The van der Waals surface area contributed by atoms with Crippen LogP contribution in [0, 0.1) is 11.8 Å². The molecule has 1 heterocycles. The maximum atomic E-state index is 13.0. The second-order valence-corrected chi connectivity index (χ2v) is 9.67. The molecule has 1 aromatic carbocycles. The first-order valence-corrected chi connectivity index (χ1v) is 10.9. The zero-order chi connectivity index (χ0) is 16.6. The van der Waals surface area contributed by atoms with Gasteiger partial charge in [0.15, 0.2) is 0 Å². The van der Waals surface area contributed by atoms with Crippen LogP contribution in [0.5, 0.6) is 0 Å². The van der Waals surface area contributed by atoms with Gasteiger partial charge in [0.2, 0.25) is 10.0 Å². The largest absolute Gasteiger partial charge is 0.367 e. The standard InChI is InChI=1S/C19H27NO3S/c21-24(22,14-15-6-4-5-7-15)20-12-18(16-8-2-1-3-9-16)23-19(13-20)17-10-11-17/h1-3,8-9,15,17-19H,4-7,10-14H2/t18-,19+/m0/s1. The molecule has 0 spiro atoms. The predicted molar refractivity (Wildman–Crippen MR) is 94.1 cm³/mol. The number of rotatable bonds is 5. The maximum Gasteiger partial charge on any atom is 0.214 e. The SMILES string of the molecule is O=S(=O)(CC1CCCC1)N1C[C@@H](c2ccccc2)O[C@@H](C2CC2)C1. The topological polar surface area (TPSA) is 46.6 Å². The molecule has 5 heteroatoms. The maximum absolute atomic E-state index is 13.0. The number of morpholine rings is 1. The van der Waals surface area contributed by atoms with E-state index in [0.717, 1.165) is 18.4 Å². The van der Waals surface area contributed by atoms with Crippen LogP contribution < -0.4 is 0 Å². The second-order valence-electron chi connectivity index (χ2n) is 7.66. The highest BCUT2D eigenvalue weighted by atomic mass is 32.2. The van der Waals surface area contributed by atoms with Gasteiger partial charge in [-0.3, -0.25) is 0 Å². The lowest BCUT2D eigenvalue weighted by Gasteiger charge is -2.38. The molecule has 1 saturated heterocycles. The van der Waals surface area contributed by atoms with Crippen molar-refractivity contribution in [3.63, 3.8) is 0 Å². The van der Waals surface area contributed by atoms with Gasteiger partial charge in [-0.2, -0.15) is 4.31 Å². The van der Waals surface area contributed by atoms with E-state index in [2.05, 4.69) is 0 Å². The van der Waals surface area contributed by atoms with Crippen LogP contribution in [0.4, 0.5) is 0 Å². The Morgan fingerprint density at radius 2 is 1.71 bits per heavy atom. The minimum Gasteiger partial charge on any atom is -0.367 e. The number of nitrogens with zero attached hydrogens (tertiary/aromatic N) is 1. The van der Waals surface area contributed by atoms with Crippen molar-refractivity contribution in [2.75, 3.05) is 18.8 Å². The Morgan fingerprint density at radius 3 is 2.38 bits per heavy atom. The average molecular weight is 349 g/mol. The highest BCUT2D eigenvalue weighted by molar-refractivity contribution is 7.89. The van der Waals surface area contributed by atoms with Gasteiger partial charge in [-0.05, 0) is 43.1 Å². The fraction of sp³-hybridized carbons (Fsp3) is 0.684. The van der Waals surface area contributed by atoms with E-state index >= 15 is 0 Å². The fourth-order valence-electron chi connectivity index (χ4n) is 4.14. The minimum atomic E-state index is -3.19. The van der Waals surface area contributed by atoms with E-state index in [9.17, 15) is 8.42 Å². The van der Waals surface area contributed by atoms with Crippen LogP contribution in [0.2, 0.25) is 0 Å². The highest BCUT2D eigenvalue weighted by Gasteiger charge is 2.42. The van der Waals surface area contributed by atoms with Crippen molar-refractivity contribution in [2.45, 2.75) is 50.7 Å². The Bertz CT molecular complexity index is 650. The van der Waals surface area contributed by atoms with E-state index in [4.69, 9.17) is 4.74 Å². The van der Waals surface area contributed by atoms with Crippen LogP contribution >= 0.6 is 0 Å². The molecule has 4 nitrogen and oxygen atoms in total. The molecule has 0 N–H and O–H groups in total. The third-order valence-electron chi connectivity index (χ3n) is 5.73. The third kappa shape index (κ3) is 3.68. The van der Waals surface area contributed by atoms with Gasteiger partial charge >= 0.3 is 0 Å². The molecule has 3 fully saturated rings. The van der Waals surface area contributed by atoms with Gasteiger partial charge < -0.3 is 4.74 Å². The minimum absolute atomic E-state index is 0.0577. The van der Waals surface area contributed by atoms with Crippen molar-refractivity contribution in [1.29, 1.82) is 0 Å². The summed E-state index contributed by atoms with van der Waals surface area (Å²) < 4.78 is 34.0. The van der Waals surface area contributed by atoms with Crippen molar-refractivity contribution in [3.8, 4) is 0 Å². The zero-order valence-electron chi connectivity index (χ0n) is 14.1. The molecular formula is C19H27NO3S. The molecule has 132 valence electrons. The average Bonchev–Trinajstić information content (AvgIpc) is 3.34. The van der Waals surface area contributed by atoms with E-state index in [-0.39, 0.29) is 12.2 Å². The molecule has 0 aromatic heterocycles. The molecule has 0 bridgehead atoms. The Morgan fingerprint density at radius 1 is 1.00 bits per heavy atom. The Labute approximate surface area is 145 Å². The van der Waals surface area contributed by atoms with Gasteiger partial charge in [-0.15, -0.1) is 0 Å². The van der Waals surface area contributed by atoms with E-state index in [1.54, 1.807) is 4.31 Å². The summed E-state index contributed by atoms with van der Waals surface area (Å²) in [4.78, 5) is 0. The van der Waals surface area contributed by atoms with Crippen molar-refractivity contribution >= 4 is 10.0 Å². The van der Waals surface area contributed by atoms with Gasteiger partial charge in [0, 0.05) is 13.1 Å². The number of benzene rings is 1. The summed E-state index contributed by atoms with van der Waals surface area (Å²) in [6.07, 6.45) is 6.76. The summed E-state index contributed by atoms with van der Waals surface area (Å²) in [5.74, 6) is 1.22. The third-order valence-corrected chi connectivity index (χ3v) is 7.70. The van der Waals surface area contributed by atoms with Gasteiger partial charge in [-0.1, -0.05) is 43.2 Å². The monoisotopic (exact) mass is 349 g/mol. The molecule has 2 atom stereocenters. The molecule has 2 aliphatic carbocycles. The summed E-state index contributed by atoms with van der Waals surface area (Å²) >= 11 is 0. The molecular weight excluding hydrogens is 322 g/mol. The first-order chi connectivity index (χ1) is 11.6. The smallest absolute Gasteiger partial charge is 0.214 e. The summed E-state index contributed by atoms with van der Waals surface area (Å²) in [7, 11) is -3.19. The van der Waals surface area contributed by atoms with Crippen LogP contribution in [0.3, 0.4) is 0 Å². The molecule has 3 aliphatic rings. The van der Waals surface area contributed by atoms with E-state index in [1.807, 2.05) is 30.3 Å². The fourth-order valence-corrected chi connectivity index (χ4v) is 6.02. The zero-order valence-corrected chi connectivity index (χ0v) is 15.0.